The third-order valence-corrected chi connectivity index (χ3v) is 5.25. The summed E-state index contributed by atoms with van der Waals surface area (Å²) >= 11 is 1.97. The minimum Gasteiger partial charge on any atom is -0.309 e. The topological polar surface area (TPSA) is 12.0 Å². The molecule has 0 amide bonds. The summed E-state index contributed by atoms with van der Waals surface area (Å²) < 4.78 is 1.42. The van der Waals surface area contributed by atoms with E-state index in [1.54, 1.807) is 0 Å². The number of hydrogen-bond donors (Lipinski definition) is 1. The molecule has 1 aromatic carbocycles. The van der Waals surface area contributed by atoms with Gasteiger partial charge in [-0.1, -0.05) is 38.0 Å². The van der Waals surface area contributed by atoms with Crippen LogP contribution in [0.25, 0.3) is 10.1 Å². The van der Waals surface area contributed by atoms with E-state index in [2.05, 4.69) is 42.6 Å². The molecule has 1 saturated carbocycles. The van der Waals surface area contributed by atoms with Crippen molar-refractivity contribution in [3.05, 3.63) is 35.2 Å². The summed E-state index contributed by atoms with van der Waals surface area (Å²) in [5.41, 5.74) is 0. The first-order valence-corrected chi connectivity index (χ1v) is 7.92. The molecule has 1 unspecified atom stereocenters. The zero-order valence-electron chi connectivity index (χ0n) is 11.0. The van der Waals surface area contributed by atoms with Crippen molar-refractivity contribution in [2.75, 3.05) is 6.54 Å². The lowest BCUT2D eigenvalue weighted by Crippen LogP contribution is -2.26. The van der Waals surface area contributed by atoms with Gasteiger partial charge in [0.1, 0.15) is 0 Å². The predicted molar refractivity (Wildman–Crippen MR) is 80.2 cm³/mol. The van der Waals surface area contributed by atoms with Crippen LogP contribution in [0.4, 0.5) is 0 Å². The van der Waals surface area contributed by atoms with Crippen molar-refractivity contribution in [1.82, 2.24) is 5.32 Å². The number of thiophene rings is 1. The van der Waals surface area contributed by atoms with Gasteiger partial charge in [0.2, 0.25) is 0 Å². The highest BCUT2D eigenvalue weighted by molar-refractivity contribution is 7.19. The van der Waals surface area contributed by atoms with Gasteiger partial charge in [-0.25, -0.2) is 0 Å². The van der Waals surface area contributed by atoms with E-state index in [0.717, 1.165) is 12.5 Å². The smallest absolute Gasteiger partial charge is 0.0443 e. The molecule has 0 saturated heterocycles. The molecular weight excluding hydrogens is 238 g/mol. The van der Waals surface area contributed by atoms with Crippen LogP contribution in [0, 0.1) is 5.92 Å². The van der Waals surface area contributed by atoms with Gasteiger partial charge in [-0.3, -0.25) is 0 Å². The number of rotatable bonds is 4. The SMILES string of the molecule is CCNC(c1cc2ccccc2s1)C1CCCC1. The molecule has 2 aromatic rings. The molecule has 1 N–H and O–H groups in total. The fraction of sp³-hybridized carbons (Fsp3) is 0.500. The number of hydrogen-bond acceptors (Lipinski definition) is 2. The first-order valence-electron chi connectivity index (χ1n) is 7.10. The number of nitrogens with one attached hydrogen (secondary N) is 1. The van der Waals surface area contributed by atoms with Crippen LogP contribution in [-0.4, -0.2) is 6.54 Å². The van der Waals surface area contributed by atoms with Crippen molar-refractivity contribution in [3.8, 4) is 0 Å². The van der Waals surface area contributed by atoms with Gasteiger partial charge < -0.3 is 5.32 Å². The molecule has 2 heteroatoms. The van der Waals surface area contributed by atoms with E-state index in [1.165, 1.54) is 40.6 Å². The molecule has 1 atom stereocenters. The summed E-state index contributed by atoms with van der Waals surface area (Å²) in [4.78, 5) is 1.53. The van der Waals surface area contributed by atoms with Crippen molar-refractivity contribution < 1.29 is 0 Å². The Kier molecular flexibility index (Phi) is 3.67. The average molecular weight is 259 g/mol. The summed E-state index contributed by atoms with van der Waals surface area (Å²) in [6, 6.07) is 11.7. The monoisotopic (exact) mass is 259 g/mol. The van der Waals surface area contributed by atoms with Crippen LogP contribution < -0.4 is 5.32 Å². The maximum absolute atomic E-state index is 3.71. The van der Waals surface area contributed by atoms with Crippen molar-refractivity contribution in [2.45, 2.75) is 38.6 Å². The Hall–Kier alpha value is -0.860. The molecule has 1 aliphatic carbocycles. The first kappa shape index (κ1) is 12.2. The predicted octanol–water partition coefficient (Wildman–Crippen LogP) is 4.74. The van der Waals surface area contributed by atoms with Crippen molar-refractivity contribution in [2.24, 2.45) is 5.92 Å². The van der Waals surface area contributed by atoms with Gasteiger partial charge in [-0.15, -0.1) is 11.3 Å². The second-order valence-corrected chi connectivity index (χ2v) is 6.38. The molecule has 1 heterocycles. The zero-order valence-corrected chi connectivity index (χ0v) is 11.8. The third-order valence-electron chi connectivity index (χ3n) is 4.05. The number of fused-ring (bicyclic) bond motifs is 1. The highest BCUT2D eigenvalue weighted by Crippen LogP contribution is 2.39. The van der Waals surface area contributed by atoms with Crippen molar-refractivity contribution >= 4 is 21.4 Å². The summed E-state index contributed by atoms with van der Waals surface area (Å²) in [5.74, 6) is 0.845. The largest absolute Gasteiger partial charge is 0.309 e. The van der Waals surface area contributed by atoms with E-state index in [4.69, 9.17) is 0 Å². The average Bonchev–Trinajstić information content (AvgIpc) is 3.04. The van der Waals surface area contributed by atoms with Crippen LogP contribution in [0.5, 0.6) is 0 Å². The Morgan fingerprint density at radius 1 is 1.28 bits per heavy atom. The molecule has 0 radical (unpaired) electrons. The van der Waals surface area contributed by atoms with Gasteiger partial charge in [-0.05, 0) is 42.8 Å². The standard InChI is InChI=1S/C16H21NS/c1-2-17-16(12-7-3-4-8-12)15-11-13-9-5-6-10-14(13)18-15/h5-6,9-12,16-17H,2-4,7-8H2,1H3. The maximum Gasteiger partial charge on any atom is 0.0443 e. The Bertz CT molecular complexity index is 478. The van der Waals surface area contributed by atoms with Crippen LogP contribution >= 0.6 is 11.3 Å². The highest BCUT2D eigenvalue weighted by Gasteiger charge is 2.26. The van der Waals surface area contributed by atoms with Gasteiger partial charge in [0.15, 0.2) is 0 Å². The fourth-order valence-electron chi connectivity index (χ4n) is 3.17. The van der Waals surface area contributed by atoms with E-state index in [9.17, 15) is 0 Å². The van der Waals surface area contributed by atoms with Gasteiger partial charge in [0.05, 0.1) is 0 Å². The van der Waals surface area contributed by atoms with E-state index in [1.807, 2.05) is 11.3 Å². The Morgan fingerprint density at radius 3 is 2.78 bits per heavy atom. The van der Waals surface area contributed by atoms with Crippen LogP contribution in [0.3, 0.4) is 0 Å². The van der Waals surface area contributed by atoms with E-state index in [-0.39, 0.29) is 0 Å². The Balaban J connectivity index is 1.92. The molecule has 96 valence electrons. The van der Waals surface area contributed by atoms with Gasteiger partial charge >= 0.3 is 0 Å². The lowest BCUT2D eigenvalue weighted by atomic mass is 9.96. The Labute approximate surface area is 113 Å². The summed E-state index contributed by atoms with van der Waals surface area (Å²) in [5, 5.41) is 5.11. The third kappa shape index (κ3) is 2.32. The summed E-state index contributed by atoms with van der Waals surface area (Å²) in [6.45, 7) is 3.28. The molecule has 0 spiro atoms. The second kappa shape index (κ2) is 5.41. The zero-order chi connectivity index (χ0) is 12.4. The number of benzene rings is 1. The first-order chi connectivity index (χ1) is 8.88. The summed E-state index contributed by atoms with van der Waals surface area (Å²) in [6.07, 6.45) is 5.62. The quantitative estimate of drug-likeness (QED) is 0.836. The molecule has 18 heavy (non-hydrogen) atoms. The van der Waals surface area contributed by atoms with Gasteiger partial charge in [0.25, 0.3) is 0 Å². The minimum absolute atomic E-state index is 0.579. The van der Waals surface area contributed by atoms with Crippen molar-refractivity contribution in [3.63, 3.8) is 0 Å². The fourth-order valence-corrected chi connectivity index (χ4v) is 4.40. The molecule has 1 aliphatic rings. The van der Waals surface area contributed by atoms with Crippen LogP contribution in [0.1, 0.15) is 43.5 Å². The van der Waals surface area contributed by atoms with E-state index >= 15 is 0 Å². The maximum atomic E-state index is 3.71. The summed E-state index contributed by atoms with van der Waals surface area (Å²) in [7, 11) is 0. The van der Waals surface area contributed by atoms with Crippen LogP contribution in [-0.2, 0) is 0 Å². The molecule has 3 rings (SSSR count). The van der Waals surface area contributed by atoms with Crippen LogP contribution in [0.15, 0.2) is 30.3 Å². The molecule has 1 fully saturated rings. The van der Waals surface area contributed by atoms with Crippen LogP contribution in [0.2, 0.25) is 0 Å². The molecule has 1 aromatic heterocycles. The lowest BCUT2D eigenvalue weighted by Gasteiger charge is -2.23. The normalized spacial score (nSPS) is 18.5. The second-order valence-electron chi connectivity index (χ2n) is 5.27. The van der Waals surface area contributed by atoms with Gasteiger partial charge in [0, 0.05) is 15.6 Å². The molecule has 0 bridgehead atoms. The molecule has 1 nitrogen and oxygen atoms in total. The van der Waals surface area contributed by atoms with E-state index < -0.39 is 0 Å². The highest BCUT2D eigenvalue weighted by atomic mass is 32.1. The minimum atomic E-state index is 0.579. The molecular formula is C16H21NS. The van der Waals surface area contributed by atoms with Gasteiger partial charge in [-0.2, -0.15) is 0 Å². The lowest BCUT2D eigenvalue weighted by molar-refractivity contribution is 0.380. The Morgan fingerprint density at radius 2 is 2.06 bits per heavy atom. The van der Waals surface area contributed by atoms with E-state index in [0.29, 0.717) is 6.04 Å². The molecule has 0 aliphatic heterocycles. The van der Waals surface area contributed by atoms with Crippen molar-refractivity contribution in [1.29, 1.82) is 0 Å².